The number of hydrogen-bond donors (Lipinski definition) is 1. The largest absolute Gasteiger partial charge is 0.475 e. The molecule has 1 N–H and O–H groups in total. The fourth-order valence-electron chi connectivity index (χ4n) is 3.72. The van der Waals surface area contributed by atoms with Crippen molar-refractivity contribution in [2.45, 2.75) is 67.2 Å². The first kappa shape index (κ1) is 38.9. The number of ether oxygens (including phenoxy) is 3. The molecule has 3 atom stereocenters. The molecule has 252 valence electrons. The zero-order chi connectivity index (χ0) is 33.0. The van der Waals surface area contributed by atoms with E-state index in [1.165, 1.54) is 40.4 Å². The SMILES string of the molecule is C[C@H]1C[C@@H](COP(=O)(OCCOCCSC(=O)C(C)(C)C)OCCOCCSC(=O)C(C)(C)C)O[C@H]1n1ccc(=O)[nH]c1=O. The Morgan fingerprint density at radius 3 is 1.91 bits per heavy atom. The number of nitrogens with zero attached hydrogens (tertiary/aromatic N) is 1. The molecule has 1 fully saturated rings. The summed E-state index contributed by atoms with van der Waals surface area (Å²) in [7, 11) is -4.06. The fraction of sp³-hybridized carbons (Fsp3) is 0.786. The van der Waals surface area contributed by atoms with Gasteiger partial charge in [0.25, 0.3) is 5.56 Å². The highest BCUT2D eigenvalue weighted by atomic mass is 32.2. The molecule has 0 spiro atoms. The van der Waals surface area contributed by atoms with Crippen LogP contribution in [0.1, 0.15) is 61.1 Å². The molecule has 1 aliphatic heterocycles. The van der Waals surface area contributed by atoms with Gasteiger partial charge in [-0.15, -0.1) is 0 Å². The third kappa shape index (κ3) is 14.0. The number of hydrogen-bond acceptors (Lipinski definition) is 13. The van der Waals surface area contributed by atoms with Gasteiger partial charge in [0.05, 0.1) is 52.4 Å². The topological polar surface area (TPSA) is 161 Å². The first-order valence-electron chi connectivity index (χ1n) is 14.5. The van der Waals surface area contributed by atoms with Crippen molar-refractivity contribution < 1.29 is 41.9 Å². The number of H-pyrrole nitrogens is 1. The van der Waals surface area contributed by atoms with Crippen LogP contribution in [0.25, 0.3) is 0 Å². The smallest absolute Gasteiger partial charge is 0.378 e. The number of carbonyl (C=O) groups is 2. The Balaban J connectivity index is 1.85. The van der Waals surface area contributed by atoms with Crippen LogP contribution in [0.4, 0.5) is 0 Å². The maximum absolute atomic E-state index is 13.4. The Bertz CT molecular complexity index is 1180. The molecule has 0 bridgehead atoms. The van der Waals surface area contributed by atoms with E-state index in [0.29, 0.717) is 31.1 Å². The quantitative estimate of drug-likeness (QED) is 0.173. The average Bonchev–Trinajstić information content (AvgIpc) is 3.29. The lowest BCUT2D eigenvalue weighted by Gasteiger charge is -2.21. The second kappa shape index (κ2) is 18.2. The molecular weight excluding hydrogens is 635 g/mol. The Morgan fingerprint density at radius 1 is 0.909 bits per heavy atom. The molecule has 2 rings (SSSR count). The maximum atomic E-state index is 13.4. The van der Waals surface area contributed by atoms with Crippen molar-refractivity contribution in [2.75, 3.05) is 57.8 Å². The normalized spacial score (nSPS) is 19.4. The van der Waals surface area contributed by atoms with E-state index in [9.17, 15) is 23.7 Å². The summed E-state index contributed by atoms with van der Waals surface area (Å²) in [6, 6.07) is 1.24. The Morgan fingerprint density at radius 2 is 1.43 bits per heavy atom. The summed E-state index contributed by atoms with van der Waals surface area (Å²) < 4.78 is 48.4. The van der Waals surface area contributed by atoms with E-state index >= 15 is 0 Å². The minimum Gasteiger partial charge on any atom is -0.378 e. The van der Waals surface area contributed by atoms with Gasteiger partial charge in [0.2, 0.25) is 0 Å². The van der Waals surface area contributed by atoms with Gasteiger partial charge in [-0.3, -0.25) is 37.5 Å². The van der Waals surface area contributed by atoms with E-state index in [1.54, 1.807) is 0 Å². The summed E-state index contributed by atoms with van der Waals surface area (Å²) in [5.74, 6) is 0.865. The third-order valence-electron chi connectivity index (χ3n) is 6.10. The summed E-state index contributed by atoms with van der Waals surface area (Å²) in [5.41, 5.74) is -1.96. The standard InChI is InChI=1S/C28H47N2O11PS2/c1-20-18-21(41-23(20)30-9-8-22(31)29-26(30)34)19-40-42(35,38-12-10-36-14-16-43-24(32)27(2,3)4)39-13-11-37-15-17-44-25(33)28(5,6)7/h8-9,20-21,23H,10-19H2,1-7H3,(H,29,31,34)/t20-,21-,23+/m0/s1. The van der Waals surface area contributed by atoms with Gasteiger partial charge in [0, 0.05) is 40.5 Å². The number of aromatic amines is 1. The van der Waals surface area contributed by atoms with E-state index in [0.717, 1.165) is 0 Å². The molecule has 0 saturated carbocycles. The Labute approximate surface area is 267 Å². The lowest BCUT2D eigenvalue weighted by molar-refractivity contribution is -0.118. The first-order chi connectivity index (χ1) is 20.5. The van der Waals surface area contributed by atoms with Crippen LogP contribution in [0.3, 0.4) is 0 Å². The van der Waals surface area contributed by atoms with Crippen LogP contribution in [0.15, 0.2) is 21.9 Å². The predicted molar refractivity (Wildman–Crippen MR) is 170 cm³/mol. The minimum absolute atomic E-state index is 0.0707. The molecule has 16 heteroatoms. The molecule has 0 unspecified atom stereocenters. The summed E-state index contributed by atoms with van der Waals surface area (Å²) in [4.78, 5) is 49.9. The van der Waals surface area contributed by atoms with E-state index in [1.807, 2.05) is 48.5 Å². The van der Waals surface area contributed by atoms with Crippen LogP contribution in [0, 0.1) is 16.7 Å². The number of thioether (sulfide) groups is 2. The second-order valence-corrected chi connectivity index (χ2v) is 16.1. The average molecular weight is 683 g/mol. The van der Waals surface area contributed by atoms with Crippen LogP contribution in [-0.2, 0) is 41.9 Å². The van der Waals surface area contributed by atoms with E-state index in [4.69, 9.17) is 27.8 Å². The lowest BCUT2D eigenvalue weighted by Crippen LogP contribution is -2.33. The van der Waals surface area contributed by atoms with Crippen molar-refractivity contribution in [1.82, 2.24) is 9.55 Å². The van der Waals surface area contributed by atoms with Crippen LogP contribution in [0.2, 0.25) is 0 Å². The third-order valence-corrected chi connectivity index (χ3v) is 10.1. The molecule has 2 heterocycles. The molecule has 1 aromatic heterocycles. The van der Waals surface area contributed by atoms with Gasteiger partial charge in [0.15, 0.2) is 10.2 Å². The van der Waals surface area contributed by atoms with E-state index < -0.39 is 42.2 Å². The Hall–Kier alpha value is -1.29. The highest BCUT2D eigenvalue weighted by Gasteiger charge is 2.37. The molecule has 0 amide bonds. The minimum atomic E-state index is -4.06. The van der Waals surface area contributed by atoms with Crippen molar-refractivity contribution >= 4 is 41.6 Å². The van der Waals surface area contributed by atoms with Crippen molar-refractivity contribution in [3.05, 3.63) is 33.1 Å². The van der Waals surface area contributed by atoms with E-state index in [2.05, 4.69) is 4.98 Å². The molecule has 1 aromatic rings. The van der Waals surface area contributed by atoms with Crippen molar-refractivity contribution in [3.8, 4) is 0 Å². The van der Waals surface area contributed by atoms with Gasteiger partial charge < -0.3 is 14.2 Å². The van der Waals surface area contributed by atoms with Crippen molar-refractivity contribution in [3.63, 3.8) is 0 Å². The number of nitrogens with one attached hydrogen (secondary N) is 1. The Kier molecular flexibility index (Phi) is 16.0. The molecule has 44 heavy (non-hydrogen) atoms. The fourth-order valence-corrected chi connectivity index (χ4v) is 6.53. The molecule has 13 nitrogen and oxygen atoms in total. The van der Waals surface area contributed by atoms with Gasteiger partial charge in [-0.1, -0.05) is 72.0 Å². The zero-order valence-corrected chi connectivity index (χ0v) is 29.2. The number of rotatable bonds is 18. The van der Waals surface area contributed by atoms with Crippen molar-refractivity contribution in [2.24, 2.45) is 16.7 Å². The molecule has 0 aliphatic carbocycles. The zero-order valence-electron chi connectivity index (χ0n) is 26.7. The lowest BCUT2D eigenvalue weighted by atomic mass is 9.99. The molecule has 1 saturated heterocycles. The number of phosphoric ester groups is 1. The monoisotopic (exact) mass is 682 g/mol. The van der Waals surface area contributed by atoms with Crippen LogP contribution < -0.4 is 11.2 Å². The number of aromatic nitrogens is 2. The van der Waals surface area contributed by atoms with Crippen LogP contribution in [0.5, 0.6) is 0 Å². The van der Waals surface area contributed by atoms with Crippen molar-refractivity contribution in [1.29, 1.82) is 0 Å². The summed E-state index contributed by atoms with van der Waals surface area (Å²) in [5, 5.41) is 0.141. The number of phosphoric acid groups is 1. The van der Waals surface area contributed by atoms with Gasteiger partial charge >= 0.3 is 13.5 Å². The van der Waals surface area contributed by atoms with Gasteiger partial charge in [-0.25, -0.2) is 9.36 Å². The van der Waals surface area contributed by atoms with Gasteiger partial charge in [-0.2, -0.15) is 0 Å². The molecule has 0 radical (unpaired) electrons. The first-order valence-corrected chi connectivity index (χ1v) is 18.0. The highest BCUT2D eigenvalue weighted by molar-refractivity contribution is 8.14. The maximum Gasteiger partial charge on any atom is 0.475 e. The second-order valence-electron chi connectivity index (χ2n) is 12.3. The highest BCUT2D eigenvalue weighted by Crippen LogP contribution is 2.50. The summed E-state index contributed by atoms with van der Waals surface area (Å²) in [6.45, 7) is 13.5. The molecule has 0 aromatic carbocycles. The van der Waals surface area contributed by atoms with Gasteiger partial charge in [0.1, 0.15) is 6.23 Å². The number of carbonyl (C=O) groups excluding carboxylic acids is 2. The molecule has 1 aliphatic rings. The van der Waals surface area contributed by atoms with Crippen LogP contribution in [-0.4, -0.2) is 83.6 Å². The summed E-state index contributed by atoms with van der Waals surface area (Å²) >= 11 is 2.39. The predicted octanol–water partition coefficient (Wildman–Crippen LogP) is 4.26. The molecular formula is C28H47N2O11PS2. The van der Waals surface area contributed by atoms with E-state index in [-0.39, 0.29) is 49.2 Å². The van der Waals surface area contributed by atoms with Crippen LogP contribution >= 0.6 is 31.3 Å². The summed E-state index contributed by atoms with van der Waals surface area (Å²) in [6.07, 6.45) is 0.717. The van der Waals surface area contributed by atoms with Gasteiger partial charge in [-0.05, 0) is 6.42 Å².